The fourth-order valence-electron chi connectivity index (χ4n) is 3.89. The molecule has 5 atom stereocenters. The number of alkyl halides is 1. The smallest absolute Gasteiger partial charge is 0.372 e. The number of carbonyl (C=O) groups excluding carboxylic acids is 1. The fraction of sp³-hybridized carbons (Fsp3) is 0.810. The molecule has 0 spiro atoms. The third kappa shape index (κ3) is 7.00. The van der Waals surface area contributed by atoms with E-state index in [1.165, 1.54) is 12.8 Å². The standard InChI is InChI=1S/C21H35FO5/c1-4-8-15(2)9-7-10-16-13-14-18(23)17(16)11-5-6-12-19(24)21(22,27-3)20(25)26/h7,10,15-17,19,24H,4-6,8-9,11-14H2,1-3H3,(H,25,26)/t15?,16-,17+,19?,21?/m0/s1. The van der Waals surface area contributed by atoms with E-state index in [1.807, 2.05) is 0 Å². The molecule has 1 aliphatic rings. The summed E-state index contributed by atoms with van der Waals surface area (Å²) in [6, 6.07) is 0. The number of carboxylic acid groups (broad SMARTS) is 1. The van der Waals surface area contributed by atoms with Crippen LogP contribution in [-0.4, -0.2) is 41.0 Å². The van der Waals surface area contributed by atoms with Crippen LogP contribution in [0.3, 0.4) is 0 Å². The van der Waals surface area contributed by atoms with Gasteiger partial charge in [-0.15, -0.1) is 0 Å². The second kappa shape index (κ2) is 11.5. The van der Waals surface area contributed by atoms with Crippen molar-refractivity contribution in [2.24, 2.45) is 17.8 Å². The van der Waals surface area contributed by atoms with Crippen LogP contribution in [0.15, 0.2) is 12.2 Å². The first-order valence-corrected chi connectivity index (χ1v) is 10.1. The Morgan fingerprint density at radius 2 is 2.11 bits per heavy atom. The lowest BCUT2D eigenvalue weighted by Crippen LogP contribution is -2.47. The number of unbranched alkanes of at least 4 members (excludes halogenated alkanes) is 1. The van der Waals surface area contributed by atoms with Crippen molar-refractivity contribution in [3.05, 3.63) is 12.2 Å². The van der Waals surface area contributed by atoms with Gasteiger partial charge in [0.15, 0.2) is 0 Å². The van der Waals surface area contributed by atoms with Gasteiger partial charge in [0.2, 0.25) is 0 Å². The molecule has 0 bridgehead atoms. The molecular formula is C21H35FO5. The molecule has 0 saturated heterocycles. The zero-order chi connectivity index (χ0) is 20.4. The van der Waals surface area contributed by atoms with Crippen molar-refractivity contribution in [3.8, 4) is 0 Å². The van der Waals surface area contributed by atoms with Crippen LogP contribution in [0.5, 0.6) is 0 Å². The summed E-state index contributed by atoms with van der Waals surface area (Å²) in [7, 11) is 0.923. The fourth-order valence-corrected chi connectivity index (χ4v) is 3.89. The number of carboxylic acids is 1. The van der Waals surface area contributed by atoms with Crippen LogP contribution in [-0.2, 0) is 14.3 Å². The van der Waals surface area contributed by atoms with Crippen molar-refractivity contribution in [1.82, 2.24) is 0 Å². The van der Waals surface area contributed by atoms with Crippen LogP contribution in [0.1, 0.15) is 71.6 Å². The number of aliphatic hydroxyl groups excluding tert-OH is 1. The summed E-state index contributed by atoms with van der Waals surface area (Å²) in [5.74, 6) is -3.74. The number of rotatable bonds is 13. The minimum Gasteiger partial charge on any atom is -0.477 e. The number of carbonyl (C=O) groups is 2. The van der Waals surface area contributed by atoms with Gasteiger partial charge in [0, 0.05) is 19.4 Å². The Kier molecular flexibility index (Phi) is 10.2. The van der Waals surface area contributed by atoms with E-state index < -0.39 is 17.9 Å². The maximum Gasteiger partial charge on any atom is 0.372 e. The molecule has 1 rings (SSSR count). The maximum atomic E-state index is 14.0. The number of hydrogen-bond acceptors (Lipinski definition) is 4. The van der Waals surface area contributed by atoms with Crippen LogP contribution in [0.4, 0.5) is 4.39 Å². The van der Waals surface area contributed by atoms with E-state index in [0.29, 0.717) is 31.6 Å². The first kappa shape index (κ1) is 23.8. The molecule has 1 aliphatic carbocycles. The Morgan fingerprint density at radius 1 is 1.41 bits per heavy atom. The molecule has 3 unspecified atom stereocenters. The summed E-state index contributed by atoms with van der Waals surface area (Å²) in [5, 5.41) is 18.6. The van der Waals surface area contributed by atoms with E-state index in [0.717, 1.165) is 20.0 Å². The van der Waals surface area contributed by atoms with Crippen molar-refractivity contribution in [1.29, 1.82) is 0 Å². The SMILES string of the molecule is CCCC(C)CC=C[C@H]1CCC(=O)[C@@H]1CCCCC(O)C(F)(OC)C(=O)O. The second-order valence-electron chi connectivity index (χ2n) is 7.79. The largest absolute Gasteiger partial charge is 0.477 e. The number of halogens is 1. The lowest BCUT2D eigenvalue weighted by molar-refractivity contribution is -0.216. The van der Waals surface area contributed by atoms with Gasteiger partial charge in [-0.05, 0) is 37.5 Å². The monoisotopic (exact) mass is 386 g/mol. The minimum atomic E-state index is -3.08. The minimum absolute atomic E-state index is 0.0168. The summed E-state index contributed by atoms with van der Waals surface area (Å²) in [4.78, 5) is 23.1. The molecule has 27 heavy (non-hydrogen) atoms. The molecule has 1 saturated carbocycles. The van der Waals surface area contributed by atoms with E-state index in [-0.39, 0.29) is 24.0 Å². The molecule has 2 N–H and O–H groups in total. The number of aliphatic hydroxyl groups is 1. The second-order valence-corrected chi connectivity index (χ2v) is 7.79. The quantitative estimate of drug-likeness (QED) is 0.364. The third-order valence-corrected chi connectivity index (χ3v) is 5.62. The Bertz CT molecular complexity index is 507. The van der Waals surface area contributed by atoms with Gasteiger partial charge >= 0.3 is 11.8 Å². The van der Waals surface area contributed by atoms with Crippen LogP contribution in [0.2, 0.25) is 0 Å². The number of ketones is 1. The Labute approximate surface area is 162 Å². The maximum absolute atomic E-state index is 14.0. The van der Waals surface area contributed by atoms with E-state index in [9.17, 15) is 19.1 Å². The first-order chi connectivity index (χ1) is 12.8. The molecule has 156 valence electrons. The van der Waals surface area contributed by atoms with Crippen molar-refractivity contribution < 1.29 is 28.9 Å². The van der Waals surface area contributed by atoms with Gasteiger partial charge in [0.05, 0.1) is 0 Å². The number of allylic oxidation sites excluding steroid dienone is 2. The molecule has 5 nitrogen and oxygen atoms in total. The number of ether oxygens (including phenoxy) is 1. The van der Waals surface area contributed by atoms with Crippen molar-refractivity contribution in [2.75, 3.05) is 7.11 Å². The average molecular weight is 387 g/mol. The summed E-state index contributed by atoms with van der Waals surface area (Å²) < 4.78 is 18.3. The predicted molar refractivity (Wildman–Crippen MR) is 102 cm³/mol. The van der Waals surface area contributed by atoms with Crippen molar-refractivity contribution in [3.63, 3.8) is 0 Å². The Balaban J connectivity index is 2.44. The summed E-state index contributed by atoms with van der Waals surface area (Å²) in [6.45, 7) is 4.41. The van der Waals surface area contributed by atoms with Gasteiger partial charge in [-0.1, -0.05) is 51.7 Å². The highest BCUT2D eigenvalue weighted by atomic mass is 19.2. The molecule has 1 fully saturated rings. The van der Waals surface area contributed by atoms with E-state index in [1.54, 1.807) is 0 Å². The van der Waals surface area contributed by atoms with Gasteiger partial charge in [0.25, 0.3) is 0 Å². The van der Waals surface area contributed by atoms with Crippen molar-refractivity contribution >= 4 is 11.8 Å². The molecule has 0 aromatic rings. The highest BCUT2D eigenvalue weighted by molar-refractivity contribution is 5.83. The molecule has 0 heterocycles. The molecular weight excluding hydrogens is 351 g/mol. The van der Waals surface area contributed by atoms with Crippen molar-refractivity contribution in [2.45, 2.75) is 83.6 Å². The normalized spacial score (nSPS) is 24.9. The number of Topliss-reactive ketones (excluding diaryl/α,β-unsaturated/α-hetero) is 1. The third-order valence-electron chi connectivity index (χ3n) is 5.62. The average Bonchev–Trinajstić information content (AvgIpc) is 2.97. The highest BCUT2D eigenvalue weighted by Crippen LogP contribution is 2.34. The number of methoxy groups -OCH3 is 1. The lowest BCUT2D eigenvalue weighted by Gasteiger charge is -2.24. The molecule has 0 aliphatic heterocycles. The summed E-state index contributed by atoms with van der Waals surface area (Å²) in [6.07, 6.45) is 9.28. The number of aliphatic carboxylic acids is 1. The molecule has 0 radical (unpaired) electrons. The first-order valence-electron chi connectivity index (χ1n) is 10.1. The van der Waals surface area contributed by atoms with Gasteiger partial charge in [-0.3, -0.25) is 4.79 Å². The Hall–Kier alpha value is -1.27. The summed E-state index contributed by atoms with van der Waals surface area (Å²) >= 11 is 0. The van der Waals surface area contributed by atoms with Crippen LogP contribution >= 0.6 is 0 Å². The van der Waals surface area contributed by atoms with Gasteiger partial charge in [0.1, 0.15) is 11.9 Å². The zero-order valence-electron chi connectivity index (χ0n) is 16.8. The predicted octanol–water partition coefficient (Wildman–Crippen LogP) is 4.28. The molecule has 0 aromatic carbocycles. The zero-order valence-corrected chi connectivity index (χ0v) is 16.8. The topological polar surface area (TPSA) is 83.8 Å². The highest BCUT2D eigenvalue weighted by Gasteiger charge is 2.46. The van der Waals surface area contributed by atoms with E-state index in [4.69, 9.17) is 5.11 Å². The van der Waals surface area contributed by atoms with E-state index >= 15 is 0 Å². The Morgan fingerprint density at radius 3 is 2.70 bits per heavy atom. The van der Waals surface area contributed by atoms with Gasteiger partial charge in [-0.2, -0.15) is 4.39 Å². The van der Waals surface area contributed by atoms with Gasteiger partial charge in [-0.25, -0.2) is 4.79 Å². The van der Waals surface area contributed by atoms with Crippen LogP contribution < -0.4 is 0 Å². The summed E-state index contributed by atoms with van der Waals surface area (Å²) in [5.41, 5.74) is 0. The molecule has 6 heteroatoms. The number of hydrogen-bond donors (Lipinski definition) is 2. The molecule has 0 aromatic heterocycles. The van der Waals surface area contributed by atoms with Gasteiger partial charge < -0.3 is 14.9 Å². The van der Waals surface area contributed by atoms with Crippen LogP contribution in [0, 0.1) is 17.8 Å². The van der Waals surface area contributed by atoms with E-state index in [2.05, 4.69) is 30.7 Å². The molecule has 0 amide bonds. The van der Waals surface area contributed by atoms with Crippen LogP contribution in [0.25, 0.3) is 0 Å². The lowest BCUT2D eigenvalue weighted by atomic mass is 9.88.